The van der Waals surface area contributed by atoms with Crippen LogP contribution in [0.4, 0.5) is 0 Å². The van der Waals surface area contributed by atoms with Crippen LogP contribution in [0.3, 0.4) is 0 Å². The monoisotopic (exact) mass is 289 g/mol. The van der Waals surface area contributed by atoms with E-state index in [1.807, 2.05) is 0 Å². The fraction of sp³-hybridized carbons (Fsp3) is 0.684. The predicted molar refractivity (Wildman–Crippen MR) is 89.9 cm³/mol. The van der Waals surface area contributed by atoms with Crippen molar-refractivity contribution in [3.8, 4) is 0 Å². The van der Waals surface area contributed by atoms with Gasteiger partial charge in [-0.15, -0.1) is 0 Å². The Labute approximate surface area is 130 Å². The summed E-state index contributed by atoms with van der Waals surface area (Å²) in [5, 5.41) is 3.54. The average molecular weight is 289 g/mol. The summed E-state index contributed by atoms with van der Waals surface area (Å²) in [6, 6.07) is 7.16. The molecular weight excluding hydrogens is 258 g/mol. The molecule has 0 amide bonds. The van der Waals surface area contributed by atoms with Gasteiger partial charge >= 0.3 is 0 Å². The van der Waals surface area contributed by atoms with Crippen LogP contribution in [-0.2, 0) is 24.0 Å². The minimum atomic E-state index is 0.319. The molecule has 0 radical (unpaired) electrons. The summed E-state index contributed by atoms with van der Waals surface area (Å²) >= 11 is 0. The number of aryl methyl sites for hydroxylation is 2. The standard InChI is InChI=1S/C19H31NO/c1-19(2,3)18(14-20-10-11-21-4)13-15-8-9-16-6-5-7-17(16)12-15/h8-9,12,18,20H,5-7,10-11,13-14H2,1-4H3. The highest BCUT2D eigenvalue weighted by molar-refractivity contribution is 5.35. The molecular formula is C19H31NO. The van der Waals surface area contributed by atoms with Crippen molar-refractivity contribution in [2.45, 2.75) is 46.5 Å². The molecule has 0 aliphatic heterocycles. The molecule has 2 heteroatoms. The van der Waals surface area contributed by atoms with Gasteiger partial charge in [0.25, 0.3) is 0 Å². The lowest BCUT2D eigenvalue weighted by atomic mass is 9.77. The first-order valence-electron chi connectivity index (χ1n) is 8.31. The van der Waals surface area contributed by atoms with Crippen LogP contribution in [0.5, 0.6) is 0 Å². The Balaban J connectivity index is 1.97. The summed E-state index contributed by atoms with van der Waals surface area (Å²) in [4.78, 5) is 0. The highest BCUT2D eigenvalue weighted by Crippen LogP contribution is 2.30. The van der Waals surface area contributed by atoms with Crippen molar-refractivity contribution in [1.82, 2.24) is 5.32 Å². The largest absolute Gasteiger partial charge is 0.383 e. The number of rotatable bonds is 7. The smallest absolute Gasteiger partial charge is 0.0587 e. The van der Waals surface area contributed by atoms with Crippen LogP contribution in [0.25, 0.3) is 0 Å². The van der Waals surface area contributed by atoms with Crippen molar-refractivity contribution in [3.05, 3.63) is 34.9 Å². The molecule has 1 aliphatic rings. The molecule has 0 fully saturated rings. The molecule has 0 spiro atoms. The van der Waals surface area contributed by atoms with Crippen LogP contribution in [0.1, 0.15) is 43.9 Å². The number of hydrogen-bond donors (Lipinski definition) is 1. The molecule has 0 saturated heterocycles. The fourth-order valence-electron chi connectivity index (χ4n) is 3.17. The fourth-order valence-corrected chi connectivity index (χ4v) is 3.17. The van der Waals surface area contributed by atoms with Crippen molar-refractivity contribution >= 4 is 0 Å². The zero-order valence-corrected chi connectivity index (χ0v) is 14.2. The Morgan fingerprint density at radius 1 is 1.19 bits per heavy atom. The number of benzene rings is 1. The Morgan fingerprint density at radius 3 is 2.67 bits per heavy atom. The first kappa shape index (κ1) is 16.5. The lowest BCUT2D eigenvalue weighted by Crippen LogP contribution is -2.34. The second kappa shape index (κ2) is 7.42. The zero-order chi connectivity index (χ0) is 15.3. The van der Waals surface area contributed by atoms with Crippen LogP contribution >= 0.6 is 0 Å². The van der Waals surface area contributed by atoms with Gasteiger partial charge in [0.15, 0.2) is 0 Å². The molecule has 2 nitrogen and oxygen atoms in total. The topological polar surface area (TPSA) is 21.3 Å². The molecule has 1 aromatic carbocycles. The van der Waals surface area contributed by atoms with Crippen molar-refractivity contribution < 1.29 is 4.74 Å². The molecule has 0 saturated carbocycles. The quantitative estimate of drug-likeness (QED) is 0.774. The van der Waals surface area contributed by atoms with E-state index in [2.05, 4.69) is 44.3 Å². The predicted octanol–water partition coefficient (Wildman–Crippen LogP) is 3.62. The first-order valence-corrected chi connectivity index (χ1v) is 8.31. The Kier molecular flexibility index (Phi) is 5.83. The van der Waals surface area contributed by atoms with Gasteiger partial charge in [0.2, 0.25) is 0 Å². The van der Waals surface area contributed by atoms with Gasteiger partial charge in [0, 0.05) is 13.7 Å². The third kappa shape index (κ3) is 4.82. The molecule has 21 heavy (non-hydrogen) atoms. The van der Waals surface area contributed by atoms with Gasteiger partial charge in [-0.3, -0.25) is 0 Å². The molecule has 118 valence electrons. The van der Waals surface area contributed by atoms with E-state index in [-0.39, 0.29) is 0 Å². The lowest BCUT2D eigenvalue weighted by molar-refractivity contribution is 0.186. The van der Waals surface area contributed by atoms with E-state index in [1.54, 1.807) is 18.2 Å². The summed E-state index contributed by atoms with van der Waals surface area (Å²) in [6.07, 6.45) is 5.04. The summed E-state index contributed by atoms with van der Waals surface area (Å²) in [7, 11) is 1.76. The molecule has 2 rings (SSSR count). The molecule has 0 bridgehead atoms. The van der Waals surface area contributed by atoms with Crippen molar-refractivity contribution in [3.63, 3.8) is 0 Å². The summed E-state index contributed by atoms with van der Waals surface area (Å²) in [6.45, 7) is 9.84. The summed E-state index contributed by atoms with van der Waals surface area (Å²) in [5.74, 6) is 0.647. The van der Waals surface area contributed by atoms with Crippen molar-refractivity contribution in [1.29, 1.82) is 0 Å². The van der Waals surface area contributed by atoms with E-state index in [1.165, 1.54) is 24.8 Å². The molecule has 0 aromatic heterocycles. The van der Waals surface area contributed by atoms with E-state index >= 15 is 0 Å². The van der Waals surface area contributed by atoms with Gasteiger partial charge in [0.05, 0.1) is 6.61 Å². The van der Waals surface area contributed by atoms with Gasteiger partial charge in [-0.2, -0.15) is 0 Å². The second-order valence-electron chi connectivity index (χ2n) is 7.42. The first-order chi connectivity index (χ1) is 10.0. The average Bonchev–Trinajstić information content (AvgIpc) is 2.88. The van der Waals surface area contributed by atoms with Crippen LogP contribution < -0.4 is 5.32 Å². The third-order valence-electron chi connectivity index (χ3n) is 4.74. The van der Waals surface area contributed by atoms with E-state index in [4.69, 9.17) is 4.74 Å². The summed E-state index contributed by atoms with van der Waals surface area (Å²) < 4.78 is 5.12. The number of fused-ring (bicyclic) bond motifs is 1. The Hall–Kier alpha value is -0.860. The van der Waals surface area contributed by atoms with E-state index < -0.39 is 0 Å². The Bertz CT molecular complexity index is 447. The lowest BCUT2D eigenvalue weighted by Gasteiger charge is -2.31. The minimum absolute atomic E-state index is 0.319. The third-order valence-corrected chi connectivity index (χ3v) is 4.74. The van der Waals surface area contributed by atoms with Gasteiger partial charge in [-0.1, -0.05) is 39.0 Å². The van der Waals surface area contributed by atoms with Crippen LogP contribution in [0, 0.1) is 11.3 Å². The molecule has 1 aliphatic carbocycles. The number of ether oxygens (including phenoxy) is 1. The zero-order valence-electron chi connectivity index (χ0n) is 14.2. The number of hydrogen-bond acceptors (Lipinski definition) is 2. The molecule has 1 unspecified atom stereocenters. The van der Waals surface area contributed by atoms with Gasteiger partial charge in [-0.25, -0.2) is 0 Å². The molecule has 1 N–H and O–H groups in total. The van der Waals surface area contributed by atoms with E-state index in [0.29, 0.717) is 11.3 Å². The SMILES string of the molecule is COCCNCC(Cc1ccc2c(c1)CCC2)C(C)(C)C. The number of methoxy groups -OCH3 is 1. The van der Waals surface area contributed by atoms with Crippen LogP contribution in [-0.4, -0.2) is 26.8 Å². The highest BCUT2D eigenvalue weighted by atomic mass is 16.5. The highest BCUT2D eigenvalue weighted by Gasteiger charge is 2.25. The maximum atomic E-state index is 5.12. The van der Waals surface area contributed by atoms with Crippen LogP contribution in [0.2, 0.25) is 0 Å². The maximum absolute atomic E-state index is 5.12. The summed E-state index contributed by atoms with van der Waals surface area (Å²) in [5.41, 5.74) is 4.99. The molecule has 1 atom stereocenters. The maximum Gasteiger partial charge on any atom is 0.0587 e. The van der Waals surface area contributed by atoms with Crippen molar-refractivity contribution in [2.24, 2.45) is 11.3 Å². The second-order valence-corrected chi connectivity index (χ2v) is 7.42. The van der Waals surface area contributed by atoms with Gasteiger partial charge in [-0.05, 0) is 60.3 Å². The van der Waals surface area contributed by atoms with Crippen molar-refractivity contribution in [2.75, 3.05) is 26.8 Å². The van der Waals surface area contributed by atoms with Crippen LogP contribution in [0.15, 0.2) is 18.2 Å². The van der Waals surface area contributed by atoms with E-state index in [9.17, 15) is 0 Å². The van der Waals surface area contributed by atoms with Gasteiger partial charge < -0.3 is 10.1 Å². The van der Waals surface area contributed by atoms with Gasteiger partial charge in [0.1, 0.15) is 0 Å². The number of nitrogens with one attached hydrogen (secondary N) is 1. The molecule has 1 aromatic rings. The normalized spacial score (nSPS) is 16.0. The molecule has 0 heterocycles. The minimum Gasteiger partial charge on any atom is -0.383 e. The van der Waals surface area contributed by atoms with E-state index in [0.717, 1.165) is 26.1 Å². The Morgan fingerprint density at radius 2 is 1.95 bits per heavy atom.